The Morgan fingerprint density at radius 2 is 0.675 bits per heavy atom. The summed E-state index contributed by atoms with van der Waals surface area (Å²) in [5.41, 5.74) is 0. The van der Waals surface area contributed by atoms with Gasteiger partial charge in [0.15, 0.2) is 0 Å². The third-order valence-corrected chi connectivity index (χ3v) is 3.21. The molecule has 0 amide bonds. The molecule has 5 nitrogen and oxygen atoms in total. The molecule has 0 aromatic heterocycles. The first-order valence-corrected chi connectivity index (χ1v) is 15.0. The van der Waals surface area contributed by atoms with Crippen molar-refractivity contribution in [2.45, 2.75) is 73.7 Å². The van der Waals surface area contributed by atoms with E-state index in [2.05, 4.69) is 19.6 Å². The fourth-order valence-electron chi connectivity index (χ4n) is 1.49. The van der Waals surface area contributed by atoms with Gasteiger partial charge in [-0.3, -0.25) is 0 Å². The topological polar surface area (TPSA) is 101 Å². The fraction of sp³-hybridized carbons (Fsp3) is 1.00. The van der Waals surface area contributed by atoms with E-state index in [4.69, 9.17) is 35.4 Å². The molecule has 0 bridgehead atoms. The van der Waals surface area contributed by atoms with Crippen LogP contribution in [-0.4, -0.2) is 154 Å². The molecule has 0 saturated carbocycles. The van der Waals surface area contributed by atoms with Gasteiger partial charge in [0.05, 0.1) is 0 Å². The van der Waals surface area contributed by atoms with Gasteiger partial charge in [-0.2, -0.15) is 85.7 Å². The first kappa shape index (κ1) is 50.9. The Labute approximate surface area is 264 Å². The molecule has 0 spiro atoms. The maximum atomic E-state index is 13.1. The van der Waals surface area contributed by atoms with Crippen molar-refractivity contribution in [2.75, 3.05) is 6.61 Å². The minimum Gasteiger partial charge on any atom is -0.396 e. The van der Waals surface area contributed by atoms with Crippen molar-refractivity contribution >= 4 is 86.6 Å². The summed E-state index contributed by atoms with van der Waals surface area (Å²) in [5, 5.41) is 7.98. The Kier molecular flexibility index (Phi) is 19.8. The van der Waals surface area contributed by atoms with Gasteiger partial charge in [-0.25, -0.2) is 0 Å². The monoisotopic (exact) mass is 714 g/mol. The predicted octanol–water partition coefficient (Wildman–Crippen LogP) is 4.07. The van der Waals surface area contributed by atoms with Crippen LogP contribution >= 0.6 is 11.1 Å². The molecule has 0 heterocycles. The van der Waals surface area contributed by atoms with Gasteiger partial charge in [0.1, 0.15) is 7.38 Å². The van der Waals surface area contributed by atoms with Gasteiger partial charge in [-0.05, 0) is 0 Å². The van der Waals surface area contributed by atoms with Crippen LogP contribution in [0.4, 0.5) is 74.6 Å². The average Bonchev–Trinajstić information content (AvgIpc) is 2.56. The molecule has 0 aliphatic heterocycles. The second kappa shape index (κ2) is 15.6. The molecule has 0 aliphatic carbocycles. The molecular formula is C13H18ClF17Na2O5Si2. The minimum atomic E-state index is -8.62. The van der Waals surface area contributed by atoms with E-state index in [0.717, 1.165) is 0 Å². The van der Waals surface area contributed by atoms with Crippen molar-refractivity contribution in [3.8, 4) is 0 Å². The molecule has 236 valence electrons. The van der Waals surface area contributed by atoms with E-state index < -0.39 is 77.1 Å². The van der Waals surface area contributed by atoms with Gasteiger partial charge in [-0.1, -0.05) is 19.6 Å². The molecule has 5 N–H and O–H groups in total. The summed E-state index contributed by atoms with van der Waals surface area (Å²) in [7, 11) is -5.75. The zero-order valence-electron chi connectivity index (χ0n) is 20.5. The Morgan fingerprint density at radius 3 is 0.850 bits per heavy atom. The summed E-state index contributed by atoms with van der Waals surface area (Å²) < 4.78 is 216. The van der Waals surface area contributed by atoms with E-state index in [1.165, 1.54) is 0 Å². The van der Waals surface area contributed by atoms with Crippen molar-refractivity contribution in [1.82, 2.24) is 0 Å². The van der Waals surface area contributed by atoms with E-state index in [-0.39, 0.29) is 59.1 Å². The zero-order valence-corrected chi connectivity index (χ0v) is 27.2. The molecule has 0 unspecified atom stereocenters. The maximum Gasteiger partial charge on any atom is 0.668 e. The molecule has 40 heavy (non-hydrogen) atoms. The molecule has 2 radical (unpaired) electrons. The second-order valence-electron chi connectivity index (χ2n) is 7.79. The van der Waals surface area contributed by atoms with Crippen LogP contribution in [-0.2, 0) is 0 Å². The standard InChI is InChI=1S/C10H5F17O.C3H9ClSi.2Na.H4O4Si/c11-3(12,1-2-28)4(13,14)5(15,16)6(17,18)7(19,20)8(21,22)9(23,24)10(25,26)27;1-5(2,3)4;;;1-5(2,3)4/h28H,1-2H2;1-3H3;;;1-4H. The predicted molar refractivity (Wildman–Crippen MR) is 108 cm³/mol. The number of rotatable bonds is 8. The molecule has 0 rings (SSSR count). The summed E-state index contributed by atoms with van der Waals surface area (Å²) in [4.78, 5) is 29.3. The minimum absolute atomic E-state index is 0. The second-order valence-corrected chi connectivity index (χ2v) is 16.5. The van der Waals surface area contributed by atoms with Gasteiger partial charge < -0.3 is 24.3 Å². The number of alkyl halides is 17. The third kappa shape index (κ3) is 12.4. The Hall–Kier alpha value is 1.33. The zero-order chi connectivity index (χ0) is 32.4. The molecule has 0 aliphatic rings. The van der Waals surface area contributed by atoms with Crippen LogP contribution in [0.15, 0.2) is 0 Å². The molecule has 0 atom stereocenters. The van der Waals surface area contributed by atoms with Gasteiger partial charge in [0.2, 0.25) is 0 Å². The van der Waals surface area contributed by atoms with Crippen LogP contribution in [0.25, 0.3) is 0 Å². The van der Waals surface area contributed by atoms with Gasteiger partial charge in [0, 0.05) is 72.1 Å². The average molecular weight is 715 g/mol. The fourth-order valence-corrected chi connectivity index (χ4v) is 1.49. The molecule has 27 heteroatoms. The van der Waals surface area contributed by atoms with Crippen LogP contribution in [0.5, 0.6) is 0 Å². The Morgan fingerprint density at radius 1 is 0.500 bits per heavy atom. The van der Waals surface area contributed by atoms with Crippen molar-refractivity contribution in [1.29, 1.82) is 0 Å². The quantitative estimate of drug-likeness (QED) is 0.149. The summed E-state index contributed by atoms with van der Waals surface area (Å²) in [6.45, 7) is 4.11. The Bertz CT molecular complexity index is 737. The van der Waals surface area contributed by atoms with E-state index in [1.54, 1.807) is 0 Å². The SMILES string of the molecule is C[Si](C)(C)Cl.OCCC(F)(F)C(F)(F)C(F)(F)C(F)(F)C(F)(F)C(F)(F)C(F)(F)C(F)(F)F.O[Si](O)(O)O.[Na].[Na]. The molecular weight excluding hydrogens is 697 g/mol. The largest absolute Gasteiger partial charge is 0.668 e. The van der Waals surface area contributed by atoms with Crippen molar-refractivity contribution < 1.29 is 98.9 Å². The van der Waals surface area contributed by atoms with Crippen molar-refractivity contribution in [3.63, 3.8) is 0 Å². The summed E-state index contributed by atoms with van der Waals surface area (Å²) in [6, 6.07) is 0. The van der Waals surface area contributed by atoms with Crippen molar-refractivity contribution in [2.24, 2.45) is 0 Å². The number of halogens is 18. The van der Waals surface area contributed by atoms with Crippen LogP contribution in [0, 0.1) is 0 Å². The maximum absolute atomic E-state index is 13.1. The first-order chi connectivity index (χ1) is 15.8. The third-order valence-electron chi connectivity index (χ3n) is 3.21. The number of hydrogen-bond donors (Lipinski definition) is 5. The Balaban J connectivity index is -0.000000289. The smallest absolute Gasteiger partial charge is 0.396 e. The number of aliphatic hydroxyl groups excluding tert-OH is 1. The molecule has 0 fully saturated rings. The van der Waals surface area contributed by atoms with Gasteiger partial charge in [0.25, 0.3) is 0 Å². The van der Waals surface area contributed by atoms with Crippen LogP contribution < -0.4 is 0 Å². The molecule has 0 aromatic rings. The molecule has 0 saturated heterocycles. The van der Waals surface area contributed by atoms with Gasteiger partial charge >= 0.3 is 56.7 Å². The number of aliphatic hydroxyl groups is 1. The van der Waals surface area contributed by atoms with Crippen LogP contribution in [0.3, 0.4) is 0 Å². The van der Waals surface area contributed by atoms with Crippen LogP contribution in [0.1, 0.15) is 6.42 Å². The normalized spacial score (nSPS) is 14.6. The van der Waals surface area contributed by atoms with E-state index in [1.807, 2.05) is 0 Å². The summed E-state index contributed by atoms with van der Waals surface area (Å²) in [5.74, 6) is -56.4. The van der Waals surface area contributed by atoms with E-state index in [9.17, 15) is 74.6 Å². The first-order valence-electron chi connectivity index (χ1n) is 8.72. The van der Waals surface area contributed by atoms with Crippen LogP contribution in [0.2, 0.25) is 19.6 Å². The molecule has 0 aromatic carbocycles. The van der Waals surface area contributed by atoms with Crippen molar-refractivity contribution in [3.05, 3.63) is 0 Å². The number of hydrogen-bond acceptors (Lipinski definition) is 5. The summed E-state index contributed by atoms with van der Waals surface area (Å²) >= 11 is 5.67. The van der Waals surface area contributed by atoms with E-state index >= 15 is 0 Å². The summed E-state index contributed by atoms with van der Waals surface area (Å²) in [6.07, 6.45) is -10.6. The van der Waals surface area contributed by atoms with Gasteiger partial charge in [-0.15, -0.1) is 0 Å². The van der Waals surface area contributed by atoms with E-state index in [0.29, 0.717) is 0 Å².